The SMILES string of the molecule is C=CC(O[Si](C)(C)C(C)(C)C)C(CC(C)C)C(=O)O. The van der Waals surface area contributed by atoms with Crippen molar-refractivity contribution in [1.29, 1.82) is 0 Å². The summed E-state index contributed by atoms with van der Waals surface area (Å²) in [4.78, 5) is 11.5. The van der Waals surface area contributed by atoms with E-state index >= 15 is 0 Å². The average Bonchev–Trinajstić information content (AvgIpc) is 2.20. The molecule has 0 aromatic heterocycles. The molecule has 1 N–H and O–H groups in total. The normalized spacial score (nSPS) is 16.2. The van der Waals surface area contributed by atoms with Crippen LogP contribution in [0.4, 0.5) is 0 Å². The molecule has 0 radical (unpaired) electrons. The Morgan fingerprint density at radius 3 is 2.11 bits per heavy atom. The highest BCUT2D eigenvalue weighted by Gasteiger charge is 2.41. The standard InChI is InChI=1S/C15H30O3Si/c1-9-13(12(14(16)17)10-11(2)3)18-19(7,8)15(4,5)6/h9,11-13H,1,10H2,2-8H3,(H,16,17). The van der Waals surface area contributed by atoms with Crippen molar-refractivity contribution < 1.29 is 14.3 Å². The van der Waals surface area contributed by atoms with E-state index in [1.54, 1.807) is 6.08 Å². The van der Waals surface area contributed by atoms with E-state index in [9.17, 15) is 9.90 Å². The second-order valence-corrected chi connectivity index (χ2v) is 11.9. The molecule has 0 aromatic carbocycles. The van der Waals surface area contributed by atoms with Crippen LogP contribution in [0.15, 0.2) is 12.7 Å². The molecule has 19 heavy (non-hydrogen) atoms. The number of carboxylic acids is 1. The van der Waals surface area contributed by atoms with Crippen molar-refractivity contribution in [2.24, 2.45) is 11.8 Å². The summed E-state index contributed by atoms with van der Waals surface area (Å²) in [5.41, 5.74) is 0. The topological polar surface area (TPSA) is 46.5 Å². The molecule has 0 aliphatic heterocycles. The predicted octanol–water partition coefficient (Wildman–Crippen LogP) is 4.31. The van der Waals surface area contributed by atoms with Crippen LogP contribution in [-0.4, -0.2) is 25.5 Å². The fraction of sp³-hybridized carbons (Fsp3) is 0.800. The Morgan fingerprint density at radius 1 is 1.37 bits per heavy atom. The third-order valence-corrected chi connectivity index (χ3v) is 8.38. The Balaban J connectivity index is 5.08. The Hall–Kier alpha value is -0.613. The molecule has 4 heteroatoms. The van der Waals surface area contributed by atoms with E-state index < -0.39 is 26.3 Å². The zero-order chi connectivity index (χ0) is 15.4. The highest BCUT2D eigenvalue weighted by Crippen LogP contribution is 2.38. The number of hydrogen-bond acceptors (Lipinski definition) is 2. The van der Waals surface area contributed by atoms with Crippen molar-refractivity contribution in [3.8, 4) is 0 Å². The molecule has 2 atom stereocenters. The Labute approximate surface area is 119 Å². The maximum Gasteiger partial charge on any atom is 0.309 e. The van der Waals surface area contributed by atoms with Crippen LogP contribution in [0.1, 0.15) is 41.0 Å². The van der Waals surface area contributed by atoms with Gasteiger partial charge in [-0.25, -0.2) is 0 Å². The minimum absolute atomic E-state index is 0.0646. The fourth-order valence-electron chi connectivity index (χ4n) is 1.69. The monoisotopic (exact) mass is 286 g/mol. The predicted molar refractivity (Wildman–Crippen MR) is 82.8 cm³/mol. The second kappa shape index (κ2) is 6.71. The van der Waals surface area contributed by atoms with Crippen LogP contribution in [0, 0.1) is 11.8 Å². The van der Waals surface area contributed by atoms with Gasteiger partial charge >= 0.3 is 5.97 Å². The van der Waals surface area contributed by atoms with E-state index in [1.807, 2.05) is 13.8 Å². The van der Waals surface area contributed by atoms with E-state index in [2.05, 4.69) is 40.4 Å². The van der Waals surface area contributed by atoms with Gasteiger partial charge < -0.3 is 9.53 Å². The first kappa shape index (κ1) is 18.4. The van der Waals surface area contributed by atoms with Gasteiger partial charge in [0.05, 0.1) is 12.0 Å². The van der Waals surface area contributed by atoms with E-state index in [-0.39, 0.29) is 5.04 Å². The van der Waals surface area contributed by atoms with Gasteiger partial charge in [0.1, 0.15) is 0 Å². The quantitative estimate of drug-likeness (QED) is 0.560. The smallest absolute Gasteiger partial charge is 0.309 e. The third kappa shape index (κ3) is 5.49. The van der Waals surface area contributed by atoms with Gasteiger partial charge in [-0.1, -0.05) is 40.7 Å². The van der Waals surface area contributed by atoms with Crippen molar-refractivity contribution in [2.75, 3.05) is 0 Å². The maximum absolute atomic E-state index is 11.5. The molecule has 0 aliphatic rings. The molecule has 0 aliphatic carbocycles. The molecule has 0 rings (SSSR count). The minimum Gasteiger partial charge on any atom is -0.481 e. The lowest BCUT2D eigenvalue weighted by atomic mass is 9.92. The highest BCUT2D eigenvalue weighted by atomic mass is 28.4. The molecule has 0 fully saturated rings. The highest BCUT2D eigenvalue weighted by molar-refractivity contribution is 6.74. The molecular formula is C15H30O3Si. The van der Waals surface area contributed by atoms with Gasteiger partial charge in [0.2, 0.25) is 0 Å². The van der Waals surface area contributed by atoms with Crippen LogP contribution < -0.4 is 0 Å². The lowest BCUT2D eigenvalue weighted by molar-refractivity contribution is -0.145. The van der Waals surface area contributed by atoms with Crippen molar-refractivity contribution in [1.82, 2.24) is 0 Å². The van der Waals surface area contributed by atoms with Gasteiger partial charge in [-0.05, 0) is 30.5 Å². The first-order valence-corrected chi connectivity index (χ1v) is 9.86. The lowest BCUT2D eigenvalue weighted by Crippen LogP contribution is -2.46. The van der Waals surface area contributed by atoms with Gasteiger partial charge in [0, 0.05) is 0 Å². The summed E-state index contributed by atoms with van der Waals surface area (Å²) in [5.74, 6) is -0.976. The molecule has 0 saturated carbocycles. The molecule has 0 bridgehead atoms. The summed E-state index contributed by atoms with van der Waals surface area (Å²) in [7, 11) is -1.98. The Morgan fingerprint density at radius 2 is 1.84 bits per heavy atom. The van der Waals surface area contributed by atoms with Crippen molar-refractivity contribution >= 4 is 14.3 Å². The summed E-state index contributed by atoms with van der Waals surface area (Å²) >= 11 is 0. The summed E-state index contributed by atoms with van der Waals surface area (Å²) in [6.45, 7) is 18.6. The first-order chi connectivity index (χ1) is 8.42. The summed E-state index contributed by atoms with van der Waals surface area (Å²) in [6, 6.07) is 0. The largest absolute Gasteiger partial charge is 0.481 e. The van der Waals surface area contributed by atoms with Crippen LogP contribution in [0.25, 0.3) is 0 Å². The van der Waals surface area contributed by atoms with E-state index in [1.165, 1.54) is 0 Å². The van der Waals surface area contributed by atoms with Crippen LogP contribution in [0.3, 0.4) is 0 Å². The summed E-state index contributed by atoms with van der Waals surface area (Å²) in [5, 5.41) is 9.48. The number of carboxylic acid groups (broad SMARTS) is 1. The van der Waals surface area contributed by atoms with Crippen molar-refractivity contribution in [3.05, 3.63) is 12.7 Å². The summed E-state index contributed by atoms with van der Waals surface area (Å²) in [6.07, 6.45) is 1.86. The molecule has 0 saturated heterocycles. The Kier molecular flexibility index (Phi) is 6.49. The molecule has 0 amide bonds. The van der Waals surface area contributed by atoms with Gasteiger partial charge in [0.25, 0.3) is 0 Å². The maximum atomic E-state index is 11.5. The van der Waals surface area contributed by atoms with Gasteiger partial charge in [-0.2, -0.15) is 0 Å². The minimum atomic E-state index is -1.98. The average molecular weight is 286 g/mol. The second-order valence-electron chi connectivity index (χ2n) is 7.15. The van der Waals surface area contributed by atoms with Crippen LogP contribution in [-0.2, 0) is 9.22 Å². The van der Waals surface area contributed by atoms with Gasteiger partial charge in [-0.3, -0.25) is 4.79 Å². The number of rotatable bonds is 7. The summed E-state index contributed by atoms with van der Waals surface area (Å²) < 4.78 is 6.22. The lowest BCUT2D eigenvalue weighted by Gasteiger charge is -2.40. The van der Waals surface area contributed by atoms with Gasteiger partial charge in [-0.15, -0.1) is 6.58 Å². The number of hydrogen-bond donors (Lipinski definition) is 1. The van der Waals surface area contributed by atoms with Crippen molar-refractivity contribution in [3.63, 3.8) is 0 Å². The molecule has 0 heterocycles. The Bertz CT molecular complexity index is 316. The molecule has 112 valence electrons. The van der Waals surface area contributed by atoms with Crippen molar-refractivity contribution in [2.45, 2.75) is 65.3 Å². The van der Waals surface area contributed by atoms with E-state index in [0.29, 0.717) is 12.3 Å². The van der Waals surface area contributed by atoms with Crippen LogP contribution >= 0.6 is 0 Å². The number of aliphatic carboxylic acids is 1. The number of carbonyl (C=O) groups is 1. The van der Waals surface area contributed by atoms with E-state index in [0.717, 1.165) is 0 Å². The van der Waals surface area contributed by atoms with Crippen LogP contribution in [0.5, 0.6) is 0 Å². The fourth-order valence-corrected chi connectivity index (χ4v) is 2.99. The zero-order valence-corrected chi connectivity index (χ0v) is 14.5. The molecule has 0 aromatic rings. The molecule has 3 nitrogen and oxygen atoms in total. The molecule has 0 spiro atoms. The molecular weight excluding hydrogens is 256 g/mol. The third-order valence-electron chi connectivity index (χ3n) is 3.91. The van der Waals surface area contributed by atoms with Crippen LogP contribution in [0.2, 0.25) is 18.1 Å². The van der Waals surface area contributed by atoms with E-state index in [4.69, 9.17) is 4.43 Å². The first-order valence-electron chi connectivity index (χ1n) is 6.95. The zero-order valence-electron chi connectivity index (χ0n) is 13.5. The molecule has 2 unspecified atom stereocenters. The van der Waals surface area contributed by atoms with Gasteiger partial charge in [0.15, 0.2) is 8.32 Å².